The van der Waals surface area contributed by atoms with Crippen LogP contribution in [0.4, 0.5) is 8.78 Å². The van der Waals surface area contributed by atoms with E-state index in [2.05, 4.69) is 0 Å². The first-order chi connectivity index (χ1) is 9.00. The van der Waals surface area contributed by atoms with E-state index < -0.39 is 17.7 Å². The van der Waals surface area contributed by atoms with Crippen molar-refractivity contribution < 1.29 is 13.5 Å². The fourth-order valence-corrected chi connectivity index (χ4v) is 1.83. The largest absolute Gasteiger partial charge is 0.451 e. The standard InChI is InChI=1S/C14H12ClF2NO/c1-8(18)9-4-2-6-11(16)14(9)19-12-7-3-5-10(15)13(12)17/h2-8H,18H2,1H3/t8-/m0/s1. The van der Waals surface area contributed by atoms with Crippen LogP contribution in [-0.2, 0) is 0 Å². The third-order valence-electron chi connectivity index (χ3n) is 2.62. The molecule has 19 heavy (non-hydrogen) atoms. The first kappa shape index (κ1) is 13.8. The zero-order chi connectivity index (χ0) is 14.0. The molecule has 0 saturated heterocycles. The van der Waals surface area contributed by atoms with E-state index in [-0.39, 0.29) is 16.5 Å². The van der Waals surface area contributed by atoms with Gasteiger partial charge >= 0.3 is 0 Å². The minimum absolute atomic E-state index is 0.0846. The highest BCUT2D eigenvalue weighted by Gasteiger charge is 2.16. The smallest absolute Gasteiger partial charge is 0.184 e. The van der Waals surface area contributed by atoms with E-state index in [1.807, 2.05) is 0 Å². The molecule has 2 rings (SSSR count). The average molecular weight is 284 g/mol. The van der Waals surface area contributed by atoms with Gasteiger partial charge in [0.25, 0.3) is 0 Å². The monoisotopic (exact) mass is 283 g/mol. The van der Waals surface area contributed by atoms with Crippen molar-refractivity contribution >= 4 is 11.6 Å². The second kappa shape index (κ2) is 5.55. The Kier molecular flexibility index (Phi) is 4.02. The molecule has 0 aliphatic carbocycles. The van der Waals surface area contributed by atoms with Crippen LogP contribution in [0.2, 0.25) is 5.02 Å². The molecule has 2 aromatic rings. The highest BCUT2D eigenvalue weighted by Crippen LogP contribution is 2.34. The topological polar surface area (TPSA) is 35.2 Å². The Morgan fingerprint density at radius 2 is 1.84 bits per heavy atom. The van der Waals surface area contributed by atoms with E-state index >= 15 is 0 Å². The van der Waals surface area contributed by atoms with Gasteiger partial charge < -0.3 is 10.5 Å². The summed E-state index contributed by atoms with van der Waals surface area (Å²) in [6.45, 7) is 1.69. The number of halogens is 3. The normalized spacial score (nSPS) is 12.3. The Morgan fingerprint density at radius 3 is 2.53 bits per heavy atom. The third-order valence-corrected chi connectivity index (χ3v) is 2.91. The van der Waals surface area contributed by atoms with E-state index in [4.69, 9.17) is 22.1 Å². The molecule has 1 atom stereocenters. The van der Waals surface area contributed by atoms with Crippen LogP contribution in [0.25, 0.3) is 0 Å². The van der Waals surface area contributed by atoms with Gasteiger partial charge in [-0.1, -0.05) is 29.8 Å². The number of hydrogen-bond acceptors (Lipinski definition) is 2. The molecule has 0 spiro atoms. The SMILES string of the molecule is C[C@H](N)c1cccc(F)c1Oc1cccc(Cl)c1F. The molecule has 0 saturated carbocycles. The zero-order valence-corrected chi connectivity index (χ0v) is 10.9. The number of rotatable bonds is 3. The summed E-state index contributed by atoms with van der Waals surface area (Å²) in [7, 11) is 0. The molecule has 0 radical (unpaired) electrons. The van der Waals surface area contributed by atoms with Gasteiger partial charge in [-0.3, -0.25) is 0 Å². The van der Waals surface area contributed by atoms with Gasteiger partial charge in [0.15, 0.2) is 23.1 Å². The van der Waals surface area contributed by atoms with Crippen molar-refractivity contribution in [2.75, 3.05) is 0 Å². The molecular formula is C14H12ClF2NO. The first-order valence-electron chi connectivity index (χ1n) is 5.66. The molecule has 0 heterocycles. The van der Waals surface area contributed by atoms with Crippen molar-refractivity contribution in [2.24, 2.45) is 5.73 Å². The number of para-hydroxylation sites is 1. The lowest BCUT2D eigenvalue weighted by atomic mass is 10.1. The Labute approximate surface area is 114 Å². The van der Waals surface area contributed by atoms with Gasteiger partial charge in [-0.05, 0) is 25.1 Å². The molecule has 2 aromatic carbocycles. The maximum Gasteiger partial charge on any atom is 0.184 e. The van der Waals surface area contributed by atoms with Crippen LogP contribution in [-0.4, -0.2) is 0 Å². The Hall–Kier alpha value is -1.65. The average Bonchev–Trinajstić information content (AvgIpc) is 2.36. The van der Waals surface area contributed by atoms with Gasteiger partial charge in [0.2, 0.25) is 0 Å². The molecule has 0 unspecified atom stereocenters. The van der Waals surface area contributed by atoms with Crippen molar-refractivity contribution in [1.29, 1.82) is 0 Å². The number of ether oxygens (including phenoxy) is 1. The summed E-state index contributed by atoms with van der Waals surface area (Å²) in [5.74, 6) is -1.56. The number of benzene rings is 2. The predicted octanol–water partition coefficient (Wildman–Crippen LogP) is 4.43. The summed E-state index contributed by atoms with van der Waals surface area (Å²) in [4.78, 5) is 0. The molecule has 0 aromatic heterocycles. The molecule has 0 fully saturated rings. The van der Waals surface area contributed by atoms with Crippen LogP contribution in [0, 0.1) is 11.6 Å². The second-order valence-electron chi connectivity index (χ2n) is 4.10. The van der Waals surface area contributed by atoms with Crippen molar-refractivity contribution in [1.82, 2.24) is 0 Å². The summed E-state index contributed by atoms with van der Waals surface area (Å²) in [6.07, 6.45) is 0. The van der Waals surface area contributed by atoms with E-state index in [1.54, 1.807) is 13.0 Å². The van der Waals surface area contributed by atoms with E-state index in [1.165, 1.54) is 30.3 Å². The summed E-state index contributed by atoms with van der Waals surface area (Å²) in [5, 5.41) is -0.0869. The molecule has 0 bridgehead atoms. The quantitative estimate of drug-likeness (QED) is 0.904. The van der Waals surface area contributed by atoms with Gasteiger partial charge in [0, 0.05) is 11.6 Å². The molecule has 0 amide bonds. The van der Waals surface area contributed by atoms with Crippen LogP contribution in [0.15, 0.2) is 36.4 Å². The Balaban J connectivity index is 2.46. The molecule has 2 nitrogen and oxygen atoms in total. The molecule has 0 aliphatic heterocycles. The van der Waals surface area contributed by atoms with Gasteiger partial charge in [0.05, 0.1) is 5.02 Å². The Morgan fingerprint density at radius 1 is 1.16 bits per heavy atom. The fourth-order valence-electron chi connectivity index (χ4n) is 1.66. The first-order valence-corrected chi connectivity index (χ1v) is 6.04. The highest BCUT2D eigenvalue weighted by molar-refractivity contribution is 6.30. The summed E-state index contributed by atoms with van der Waals surface area (Å²) >= 11 is 5.65. The van der Waals surface area contributed by atoms with Crippen LogP contribution in [0.1, 0.15) is 18.5 Å². The van der Waals surface area contributed by atoms with E-state index in [0.29, 0.717) is 5.56 Å². The minimum atomic E-state index is -0.733. The lowest BCUT2D eigenvalue weighted by molar-refractivity contribution is 0.407. The van der Waals surface area contributed by atoms with Crippen LogP contribution < -0.4 is 10.5 Å². The lowest BCUT2D eigenvalue weighted by Crippen LogP contribution is -2.08. The van der Waals surface area contributed by atoms with Crippen LogP contribution in [0.3, 0.4) is 0 Å². The van der Waals surface area contributed by atoms with Crippen molar-refractivity contribution in [3.8, 4) is 11.5 Å². The number of nitrogens with two attached hydrogens (primary N) is 1. The van der Waals surface area contributed by atoms with Crippen LogP contribution >= 0.6 is 11.6 Å². The summed E-state index contributed by atoms with van der Waals surface area (Å²) in [5.41, 5.74) is 6.20. The number of hydrogen-bond donors (Lipinski definition) is 1. The summed E-state index contributed by atoms with van der Waals surface area (Å²) in [6, 6.07) is 8.22. The van der Waals surface area contributed by atoms with E-state index in [9.17, 15) is 8.78 Å². The predicted molar refractivity (Wildman–Crippen MR) is 70.5 cm³/mol. The van der Waals surface area contributed by atoms with Gasteiger partial charge in [-0.2, -0.15) is 0 Å². The molecular weight excluding hydrogens is 272 g/mol. The molecule has 0 aliphatic rings. The molecule has 5 heteroatoms. The molecule has 2 N–H and O–H groups in total. The van der Waals surface area contributed by atoms with Gasteiger partial charge in [0.1, 0.15) is 0 Å². The zero-order valence-electron chi connectivity index (χ0n) is 10.2. The maximum absolute atomic E-state index is 13.8. The minimum Gasteiger partial charge on any atom is -0.451 e. The van der Waals surface area contributed by atoms with Gasteiger partial charge in [-0.25, -0.2) is 8.78 Å². The van der Waals surface area contributed by atoms with Crippen molar-refractivity contribution in [3.63, 3.8) is 0 Å². The third kappa shape index (κ3) is 2.85. The van der Waals surface area contributed by atoms with Gasteiger partial charge in [-0.15, -0.1) is 0 Å². The van der Waals surface area contributed by atoms with Crippen molar-refractivity contribution in [3.05, 3.63) is 58.6 Å². The maximum atomic E-state index is 13.8. The van der Waals surface area contributed by atoms with Crippen LogP contribution in [0.5, 0.6) is 11.5 Å². The van der Waals surface area contributed by atoms with Crippen molar-refractivity contribution in [2.45, 2.75) is 13.0 Å². The van der Waals surface area contributed by atoms with E-state index in [0.717, 1.165) is 0 Å². The second-order valence-corrected chi connectivity index (χ2v) is 4.51. The Bertz CT molecular complexity index is 602. The highest BCUT2D eigenvalue weighted by atomic mass is 35.5. The molecule has 100 valence electrons. The fraction of sp³-hybridized carbons (Fsp3) is 0.143. The lowest BCUT2D eigenvalue weighted by Gasteiger charge is -2.15. The summed E-state index contributed by atoms with van der Waals surface area (Å²) < 4.78 is 32.8.